The number of unbranched alkanes of at least 4 members (excludes halogenated alkanes) is 5. The van der Waals surface area contributed by atoms with Crippen molar-refractivity contribution in [1.82, 2.24) is 0 Å². The molecule has 34 heavy (non-hydrogen) atoms. The number of aryl methyl sites for hydroxylation is 3. The molecule has 0 atom stereocenters. The quantitative estimate of drug-likeness (QED) is 0.224. The molecule has 2 aliphatic rings. The Kier molecular flexibility index (Phi) is 8.06. The Labute approximate surface area is 219 Å². The lowest BCUT2D eigenvalue weighted by Crippen LogP contribution is -3.00. The van der Waals surface area contributed by atoms with Crippen molar-refractivity contribution in [3.8, 4) is 34.3 Å². The van der Waals surface area contributed by atoms with Crippen LogP contribution in [0.25, 0.3) is 22.0 Å². The van der Waals surface area contributed by atoms with Crippen LogP contribution in [-0.4, -0.2) is 21.0 Å². The van der Waals surface area contributed by atoms with Gasteiger partial charge in [-0.2, -0.15) is 4.57 Å². The molecule has 0 fully saturated rings. The summed E-state index contributed by atoms with van der Waals surface area (Å²) in [6, 6.07) is 8.59. The lowest BCUT2D eigenvalue weighted by atomic mass is 9.89. The fraction of sp³-hybridized carbons (Fsp3) is 0.464. The number of halogens is 1. The molecule has 2 aliphatic heterocycles. The molecule has 0 aliphatic carbocycles. The fourth-order valence-electron chi connectivity index (χ4n) is 5.34. The summed E-state index contributed by atoms with van der Waals surface area (Å²) in [6.07, 6.45) is 11.9. The molecule has 1 aromatic heterocycles. The van der Waals surface area contributed by atoms with Gasteiger partial charge in [0.1, 0.15) is 0 Å². The van der Waals surface area contributed by atoms with Gasteiger partial charge in [0, 0.05) is 17.4 Å². The summed E-state index contributed by atoms with van der Waals surface area (Å²) in [7, 11) is 3.43. The summed E-state index contributed by atoms with van der Waals surface area (Å²) in [5, 5.41) is 2.36. The van der Waals surface area contributed by atoms with Crippen molar-refractivity contribution in [2.45, 2.75) is 64.8 Å². The number of hydrogen-bond donors (Lipinski definition) is 0. The number of aromatic nitrogens is 1. The van der Waals surface area contributed by atoms with Gasteiger partial charge in [0.2, 0.25) is 12.5 Å². The average Bonchev–Trinajstić information content (AvgIpc) is 3.30. The number of pyridine rings is 1. The molecule has 3 aromatic rings. The van der Waals surface area contributed by atoms with Gasteiger partial charge in [-0.1, -0.05) is 39.0 Å². The highest BCUT2D eigenvalue weighted by molar-refractivity contribution is 5.95. The highest BCUT2D eigenvalue weighted by Gasteiger charge is 2.32. The minimum absolute atomic E-state index is 0. The molecule has 6 heteroatoms. The van der Waals surface area contributed by atoms with E-state index in [9.17, 15) is 0 Å². The minimum atomic E-state index is 0. The smallest absolute Gasteiger partial charge is 0.231 e. The normalized spacial score (nSPS) is 13.3. The van der Waals surface area contributed by atoms with Crippen molar-refractivity contribution in [3.63, 3.8) is 0 Å². The van der Waals surface area contributed by atoms with Gasteiger partial charge in [0.15, 0.2) is 35.7 Å². The van der Waals surface area contributed by atoms with Crippen LogP contribution in [0.15, 0.2) is 30.5 Å². The Morgan fingerprint density at radius 3 is 2.44 bits per heavy atom. The SMILES string of the molecule is CCCCCCCCc1c2[n+](cc3c(OC)c(OC)ccc13)CCc1cc3c(cc1-2)OCO3.[I-]. The summed E-state index contributed by atoms with van der Waals surface area (Å²) in [4.78, 5) is 0. The van der Waals surface area contributed by atoms with Crippen LogP contribution in [-0.2, 0) is 19.4 Å². The molecular formula is C28H34INO4. The number of methoxy groups -OCH3 is 2. The second kappa shape index (κ2) is 11.0. The van der Waals surface area contributed by atoms with Gasteiger partial charge >= 0.3 is 0 Å². The standard InChI is InChI=1S/C28H34NO4.HI/c1-4-5-6-7-8-9-10-21-20-11-12-24(30-2)28(31-3)23(20)17-29-14-13-19-15-25-26(33-18-32-25)16-22(19)27(21)29;/h11-12,15-17H,4-10,13-14,18H2,1-3H3;1H/q+1;/p-1. The monoisotopic (exact) mass is 575 g/mol. The molecule has 0 saturated heterocycles. The molecule has 3 heterocycles. The largest absolute Gasteiger partial charge is 1.00 e. The Bertz CT molecular complexity index is 1180. The zero-order valence-corrected chi connectivity index (χ0v) is 22.6. The number of rotatable bonds is 9. The van der Waals surface area contributed by atoms with E-state index in [0.717, 1.165) is 47.8 Å². The second-order valence-electron chi connectivity index (χ2n) is 9.04. The molecule has 0 spiro atoms. The first-order valence-electron chi connectivity index (χ1n) is 12.3. The third-order valence-electron chi connectivity index (χ3n) is 7.02. The lowest BCUT2D eigenvalue weighted by molar-refractivity contribution is -0.686. The van der Waals surface area contributed by atoms with Gasteiger partial charge in [-0.05, 0) is 42.7 Å². The lowest BCUT2D eigenvalue weighted by Gasteiger charge is -2.21. The van der Waals surface area contributed by atoms with Crippen molar-refractivity contribution in [2.24, 2.45) is 0 Å². The molecule has 0 N–H and O–H groups in total. The van der Waals surface area contributed by atoms with Crippen LogP contribution in [0, 0.1) is 0 Å². The molecule has 0 radical (unpaired) electrons. The Balaban J connectivity index is 0.00000274. The maximum Gasteiger partial charge on any atom is 0.231 e. The van der Waals surface area contributed by atoms with Crippen LogP contribution >= 0.6 is 0 Å². The molecule has 0 bridgehead atoms. The van der Waals surface area contributed by atoms with Gasteiger partial charge in [0.25, 0.3) is 0 Å². The van der Waals surface area contributed by atoms with Gasteiger partial charge in [-0.3, -0.25) is 0 Å². The van der Waals surface area contributed by atoms with E-state index in [1.807, 2.05) is 6.07 Å². The van der Waals surface area contributed by atoms with Crippen LogP contribution < -0.4 is 47.5 Å². The van der Waals surface area contributed by atoms with Crippen LogP contribution in [0.1, 0.15) is 56.6 Å². The summed E-state index contributed by atoms with van der Waals surface area (Å²) in [5.41, 5.74) is 5.30. The maximum absolute atomic E-state index is 5.82. The fourth-order valence-corrected chi connectivity index (χ4v) is 5.34. The topological polar surface area (TPSA) is 40.8 Å². The Morgan fingerprint density at radius 2 is 1.68 bits per heavy atom. The summed E-state index contributed by atoms with van der Waals surface area (Å²) < 4.78 is 25.2. The molecule has 0 saturated carbocycles. The van der Waals surface area contributed by atoms with E-state index in [0.29, 0.717) is 6.79 Å². The van der Waals surface area contributed by atoms with Gasteiger partial charge in [-0.15, -0.1) is 0 Å². The highest BCUT2D eigenvalue weighted by atomic mass is 127. The van der Waals surface area contributed by atoms with E-state index in [2.05, 4.69) is 35.9 Å². The predicted molar refractivity (Wildman–Crippen MR) is 130 cm³/mol. The summed E-state index contributed by atoms with van der Waals surface area (Å²) >= 11 is 0. The average molecular weight is 575 g/mol. The van der Waals surface area contributed by atoms with Crippen LogP contribution in [0.5, 0.6) is 23.0 Å². The number of nitrogens with zero attached hydrogens (tertiary/aromatic N) is 1. The zero-order chi connectivity index (χ0) is 22.8. The molecule has 2 aromatic carbocycles. The predicted octanol–water partition coefficient (Wildman–Crippen LogP) is 3.00. The summed E-state index contributed by atoms with van der Waals surface area (Å²) in [6.45, 7) is 3.50. The van der Waals surface area contributed by atoms with Gasteiger partial charge in [-0.25, -0.2) is 0 Å². The first kappa shape index (κ1) is 24.9. The van der Waals surface area contributed by atoms with Crippen molar-refractivity contribution in [1.29, 1.82) is 0 Å². The van der Waals surface area contributed by atoms with Crippen molar-refractivity contribution >= 4 is 10.8 Å². The zero-order valence-electron chi connectivity index (χ0n) is 20.4. The number of ether oxygens (including phenoxy) is 4. The Hall–Kier alpha value is -2.22. The van der Waals surface area contributed by atoms with E-state index < -0.39 is 0 Å². The number of benzene rings is 2. The third kappa shape index (κ3) is 4.53. The highest BCUT2D eigenvalue weighted by Crippen LogP contribution is 2.43. The van der Waals surface area contributed by atoms with Gasteiger partial charge in [0.05, 0.1) is 25.2 Å². The van der Waals surface area contributed by atoms with Gasteiger partial charge < -0.3 is 42.9 Å². The molecular weight excluding hydrogens is 541 g/mol. The second-order valence-corrected chi connectivity index (χ2v) is 9.04. The molecule has 182 valence electrons. The van der Waals surface area contributed by atoms with Crippen molar-refractivity contribution in [2.75, 3.05) is 21.0 Å². The third-order valence-corrected chi connectivity index (χ3v) is 7.02. The Morgan fingerprint density at radius 1 is 0.912 bits per heavy atom. The van der Waals surface area contributed by atoms with E-state index >= 15 is 0 Å². The summed E-state index contributed by atoms with van der Waals surface area (Å²) in [5.74, 6) is 3.30. The minimum Gasteiger partial charge on any atom is -1.00 e. The molecule has 5 nitrogen and oxygen atoms in total. The van der Waals surface area contributed by atoms with Crippen molar-refractivity contribution < 1.29 is 47.5 Å². The first-order valence-corrected chi connectivity index (χ1v) is 12.3. The van der Waals surface area contributed by atoms with E-state index in [-0.39, 0.29) is 24.0 Å². The van der Waals surface area contributed by atoms with E-state index in [1.54, 1.807) is 14.2 Å². The molecule has 5 rings (SSSR count). The number of hydrogen-bond acceptors (Lipinski definition) is 4. The number of fused-ring (bicyclic) bond motifs is 5. The van der Waals surface area contributed by atoms with E-state index in [4.69, 9.17) is 18.9 Å². The maximum atomic E-state index is 5.82. The van der Waals surface area contributed by atoms with Crippen molar-refractivity contribution in [3.05, 3.63) is 41.6 Å². The van der Waals surface area contributed by atoms with Crippen LogP contribution in [0.4, 0.5) is 0 Å². The van der Waals surface area contributed by atoms with Crippen LogP contribution in [0.3, 0.4) is 0 Å². The molecule has 0 unspecified atom stereocenters. The first-order chi connectivity index (χ1) is 16.2. The molecule has 0 amide bonds. The van der Waals surface area contributed by atoms with Crippen LogP contribution in [0.2, 0.25) is 0 Å². The van der Waals surface area contributed by atoms with E-state index in [1.165, 1.54) is 66.3 Å².